The molecule has 4 N–H and O–H groups in total. The SMILES string of the molecule is CCC[C@]1([C@@H](CO)OC)CO[C@@H](OC)[C@H](Oc2cc(OC)c3c(c2)O[C@@]2(c4ccc(OC)cc4)[C@H](c4ccccc4)[C@@H](C(=O)O)[C@@H](O)[C@@]32O)O1. The first kappa shape index (κ1) is 35.9. The van der Waals surface area contributed by atoms with Crippen LogP contribution in [0.4, 0.5) is 0 Å². The molecule has 3 aliphatic rings. The maximum absolute atomic E-state index is 13.0. The maximum atomic E-state index is 13.0. The van der Waals surface area contributed by atoms with Gasteiger partial charge < -0.3 is 58.3 Å². The lowest BCUT2D eigenvalue weighted by atomic mass is 9.70. The molecule has 50 heavy (non-hydrogen) atoms. The van der Waals surface area contributed by atoms with Crippen molar-refractivity contribution in [3.8, 4) is 23.0 Å². The summed E-state index contributed by atoms with van der Waals surface area (Å²) in [5.41, 5.74) is -4.25. The van der Waals surface area contributed by atoms with Crippen LogP contribution in [0.25, 0.3) is 0 Å². The molecular weight excluding hydrogens is 652 g/mol. The number of rotatable bonds is 13. The number of aliphatic hydroxyl groups excluding tert-OH is 2. The zero-order chi connectivity index (χ0) is 35.8. The van der Waals surface area contributed by atoms with E-state index >= 15 is 0 Å². The van der Waals surface area contributed by atoms with Gasteiger partial charge in [0.25, 0.3) is 6.29 Å². The van der Waals surface area contributed by atoms with Gasteiger partial charge in [0, 0.05) is 32.3 Å². The third-order valence-electron chi connectivity index (χ3n) is 10.3. The van der Waals surface area contributed by atoms with Crippen molar-refractivity contribution in [2.45, 2.75) is 67.3 Å². The summed E-state index contributed by atoms with van der Waals surface area (Å²) >= 11 is 0. The summed E-state index contributed by atoms with van der Waals surface area (Å²) in [7, 11) is 5.83. The topological polar surface area (TPSA) is 172 Å². The number of aliphatic carboxylic acids is 1. The van der Waals surface area contributed by atoms with Gasteiger partial charge in [-0.1, -0.05) is 55.8 Å². The number of carboxylic acids is 1. The van der Waals surface area contributed by atoms with Crippen LogP contribution < -0.4 is 18.9 Å². The lowest BCUT2D eigenvalue weighted by Gasteiger charge is -2.46. The van der Waals surface area contributed by atoms with Gasteiger partial charge in [0.05, 0.1) is 38.9 Å². The molecule has 1 saturated carbocycles. The Morgan fingerprint density at radius 3 is 2.28 bits per heavy atom. The highest BCUT2D eigenvalue weighted by molar-refractivity contribution is 5.77. The second-order valence-electron chi connectivity index (χ2n) is 12.8. The molecule has 1 aliphatic carbocycles. The molecule has 0 bridgehead atoms. The molecule has 0 spiro atoms. The first-order valence-electron chi connectivity index (χ1n) is 16.5. The quantitative estimate of drug-likeness (QED) is 0.205. The van der Waals surface area contributed by atoms with Crippen molar-refractivity contribution in [2.24, 2.45) is 5.92 Å². The molecule has 13 heteroatoms. The van der Waals surface area contributed by atoms with Gasteiger partial charge in [0.2, 0.25) is 6.29 Å². The molecule has 2 heterocycles. The van der Waals surface area contributed by atoms with E-state index in [0.717, 1.165) is 0 Å². The van der Waals surface area contributed by atoms with E-state index < -0.39 is 59.4 Å². The molecule has 0 amide bonds. The van der Waals surface area contributed by atoms with Crippen LogP contribution in [0.5, 0.6) is 23.0 Å². The average Bonchev–Trinajstić information content (AvgIpc) is 3.51. The number of hydrogen-bond donors (Lipinski definition) is 4. The molecular formula is C37H44O13. The third-order valence-corrected chi connectivity index (χ3v) is 10.3. The van der Waals surface area contributed by atoms with Gasteiger partial charge in [-0.05, 0) is 29.7 Å². The fourth-order valence-electron chi connectivity index (χ4n) is 8.08. The van der Waals surface area contributed by atoms with Gasteiger partial charge in [-0.25, -0.2) is 0 Å². The van der Waals surface area contributed by atoms with Crippen molar-refractivity contribution >= 4 is 5.97 Å². The average molecular weight is 697 g/mol. The van der Waals surface area contributed by atoms with Crippen LogP contribution in [0.15, 0.2) is 66.7 Å². The zero-order valence-corrected chi connectivity index (χ0v) is 28.6. The molecule has 2 fully saturated rings. The first-order chi connectivity index (χ1) is 24.1. The Morgan fingerprint density at radius 1 is 0.980 bits per heavy atom. The lowest BCUT2D eigenvalue weighted by Crippen LogP contribution is -2.61. The van der Waals surface area contributed by atoms with Crippen molar-refractivity contribution in [2.75, 3.05) is 41.7 Å². The van der Waals surface area contributed by atoms with E-state index in [1.54, 1.807) is 54.6 Å². The highest BCUT2D eigenvalue weighted by Gasteiger charge is 2.78. The number of ether oxygens (including phenoxy) is 8. The van der Waals surface area contributed by atoms with Gasteiger partial charge in [-0.15, -0.1) is 0 Å². The summed E-state index contributed by atoms with van der Waals surface area (Å²) in [6, 6.07) is 18.6. The normalized spacial score (nSPS) is 32.0. The molecule has 1 saturated heterocycles. The Labute approximate surface area is 290 Å². The van der Waals surface area contributed by atoms with Crippen molar-refractivity contribution < 1.29 is 63.1 Å². The predicted octanol–water partition coefficient (Wildman–Crippen LogP) is 3.31. The largest absolute Gasteiger partial charge is 0.497 e. The number of benzene rings is 3. The molecule has 3 aromatic rings. The van der Waals surface area contributed by atoms with Crippen LogP contribution in [-0.2, 0) is 34.9 Å². The molecule has 9 atom stereocenters. The van der Waals surface area contributed by atoms with Crippen molar-refractivity contribution in [3.63, 3.8) is 0 Å². The molecule has 0 aromatic heterocycles. The number of hydrogen-bond acceptors (Lipinski definition) is 12. The van der Waals surface area contributed by atoms with E-state index in [0.29, 0.717) is 29.7 Å². The summed E-state index contributed by atoms with van der Waals surface area (Å²) in [4.78, 5) is 13.0. The van der Waals surface area contributed by atoms with Crippen LogP contribution in [0.2, 0.25) is 0 Å². The molecule has 3 aromatic carbocycles. The minimum atomic E-state index is -2.33. The molecule has 270 valence electrons. The summed E-state index contributed by atoms with van der Waals surface area (Å²) in [5, 5.41) is 45.7. The first-order valence-corrected chi connectivity index (χ1v) is 16.5. The Morgan fingerprint density at radius 2 is 1.70 bits per heavy atom. The minimum absolute atomic E-state index is 0.0597. The Balaban J connectivity index is 1.50. The number of carbonyl (C=O) groups is 1. The van der Waals surface area contributed by atoms with E-state index in [9.17, 15) is 25.2 Å². The minimum Gasteiger partial charge on any atom is -0.497 e. The summed E-state index contributed by atoms with van der Waals surface area (Å²) in [5.74, 6) is -3.00. The van der Waals surface area contributed by atoms with Crippen molar-refractivity contribution in [3.05, 3.63) is 83.4 Å². The second-order valence-corrected chi connectivity index (χ2v) is 12.8. The fourth-order valence-corrected chi connectivity index (χ4v) is 8.08. The monoisotopic (exact) mass is 696 g/mol. The van der Waals surface area contributed by atoms with Crippen molar-refractivity contribution in [1.29, 1.82) is 0 Å². The maximum Gasteiger partial charge on any atom is 0.310 e. The lowest BCUT2D eigenvalue weighted by molar-refractivity contribution is -0.361. The van der Waals surface area contributed by atoms with Crippen LogP contribution in [-0.4, -0.2) is 98.4 Å². The van der Waals surface area contributed by atoms with Gasteiger partial charge in [-0.2, -0.15) is 0 Å². The number of methoxy groups -OCH3 is 4. The van der Waals surface area contributed by atoms with Crippen LogP contribution in [0, 0.1) is 5.92 Å². The van der Waals surface area contributed by atoms with E-state index in [2.05, 4.69) is 0 Å². The molecule has 2 aliphatic heterocycles. The zero-order valence-electron chi connectivity index (χ0n) is 28.6. The molecule has 6 rings (SSSR count). The summed E-state index contributed by atoms with van der Waals surface area (Å²) in [6.07, 6.45) is -3.50. The summed E-state index contributed by atoms with van der Waals surface area (Å²) in [6.45, 7) is 1.73. The van der Waals surface area contributed by atoms with Gasteiger partial charge >= 0.3 is 5.97 Å². The van der Waals surface area contributed by atoms with Crippen molar-refractivity contribution in [1.82, 2.24) is 0 Å². The van der Waals surface area contributed by atoms with E-state index in [1.807, 2.05) is 6.92 Å². The highest BCUT2D eigenvalue weighted by Crippen LogP contribution is 2.70. The Hall–Kier alpha value is -3.95. The standard InChI is InChI=1S/C37H44O13/c1-6-16-35(27(19-38)45-4)20-47-33(46-5)34(50-35)48-24-17-25(44-3)30-26(18-24)49-37(22-12-14-23(43-2)15-13-22)29(21-10-8-7-9-11-21)28(32(40)41)31(39)36(30,37)42/h7-15,17-18,27-29,31,33-34,38-39,42H,6,16,19-20H2,1-5H3,(H,40,41)/t27-,28-,29-,31-,33-,34-,35-,36+,37+/m1/s1. The molecule has 0 radical (unpaired) electrons. The highest BCUT2D eigenvalue weighted by atomic mass is 16.8. The van der Waals surface area contributed by atoms with E-state index in [1.165, 1.54) is 40.6 Å². The van der Waals surface area contributed by atoms with Crippen LogP contribution in [0.3, 0.4) is 0 Å². The number of fused-ring (bicyclic) bond motifs is 3. The Kier molecular flexibility index (Phi) is 10.0. The molecule has 13 nitrogen and oxygen atoms in total. The van der Waals surface area contributed by atoms with Gasteiger partial charge in [0.1, 0.15) is 40.8 Å². The number of carboxylic acid groups (broad SMARTS) is 1. The second kappa shape index (κ2) is 14.0. The van der Waals surface area contributed by atoms with Gasteiger partial charge in [0.15, 0.2) is 11.2 Å². The third kappa shape index (κ3) is 5.39. The Bertz CT molecular complexity index is 1650. The van der Waals surface area contributed by atoms with Crippen LogP contribution >= 0.6 is 0 Å². The van der Waals surface area contributed by atoms with E-state index in [4.69, 9.17) is 37.9 Å². The van der Waals surface area contributed by atoms with Gasteiger partial charge in [-0.3, -0.25) is 4.79 Å². The fraction of sp³-hybridized carbons (Fsp3) is 0.486. The number of aliphatic hydroxyl groups is 3. The predicted molar refractivity (Wildman–Crippen MR) is 176 cm³/mol. The van der Waals surface area contributed by atoms with Crippen LogP contribution in [0.1, 0.15) is 42.4 Å². The summed E-state index contributed by atoms with van der Waals surface area (Å²) < 4.78 is 48.0. The molecule has 0 unspecified atom stereocenters. The van der Waals surface area contributed by atoms with E-state index in [-0.39, 0.29) is 36.0 Å². The smallest absolute Gasteiger partial charge is 0.310 e.